The molecule has 1 heterocycles. The predicted octanol–water partition coefficient (Wildman–Crippen LogP) is 8.85. The van der Waals surface area contributed by atoms with Gasteiger partial charge in [-0.1, -0.05) is 50.9 Å². The van der Waals surface area contributed by atoms with E-state index in [0.717, 1.165) is 0 Å². The van der Waals surface area contributed by atoms with Gasteiger partial charge in [-0.15, -0.1) is 81.2 Å². The molecule has 0 aromatic heterocycles. The SMILES string of the molecule is C1CC[Si]C1.Cc1cc2ccccc2[cH-]1.Cc1cc2ccccc2[cH-]1.[CH3-].[CH3-].[CH3-].[CH3-].[Zr+3].[Zr+3]. The van der Waals surface area contributed by atoms with Crippen molar-refractivity contribution >= 4 is 31.1 Å². The Labute approximate surface area is 234 Å². The van der Waals surface area contributed by atoms with Gasteiger partial charge in [-0.2, -0.15) is 12.1 Å². The monoisotopic (exact) mass is 582 g/mol. The molecule has 0 saturated carbocycles. The van der Waals surface area contributed by atoms with Crippen molar-refractivity contribution in [3.8, 4) is 0 Å². The van der Waals surface area contributed by atoms with Gasteiger partial charge >= 0.3 is 52.4 Å². The van der Waals surface area contributed by atoms with Crippen LogP contribution in [-0.4, -0.2) is 9.52 Å². The normalized spacial score (nSPS) is 10.6. The third-order valence-electron chi connectivity index (χ3n) is 4.48. The summed E-state index contributed by atoms with van der Waals surface area (Å²) < 4.78 is 0. The average molecular weight is 585 g/mol. The largest absolute Gasteiger partial charge is 3.00 e. The smallest absolute Gasteiger partial charge is 0.358 e. The zero-order valence-corrected chi connectivity index (χ0v) is 26.2. The summed E-state index contributed by atoms with van der Waals surface area (Å²) in [6, 6.07) is 28.7. The van der Waals surface area contributed by atoms with Crippen LogP contribution in [0.2, 0.25) is 12.1 Å². The fourth-order valence-corrected chi connectivity index (χ4v) is 4.49. The molecule has 1 fully saturated rings. The number of aryl methyl sites for hydroxylation is 2. The standard InChI is InChI=1S/2C10H9.C4H8Si.4CH3.2Zr/c2*1-8-6-9-4-2-3-5-10(9)7-8;1-2-4-5-3-1;;;;;;/h2*2-7H,1H3;1-4H2;4*1H3;;/q2*-1;;4*-1;2*+3. The molecule has 1 aliphatic rings. The Morgan fingerprint density at radius 2 is 0.968 bits per heavy atom. The van der Waals surface area contributed by atoms with Gasteiger partial charge in [0.1, 0.15) is 0 Å². The van der Waals surface area contributed by atoms with E-state index in [9.17, 15) is 0 Å². The Morgan fingerprint density at radius 3 is 1.26 bits per heavy atom. The number of hydrogen-bond acceptors (Lipinski definition) is 0. The predicted molar refractivity (Wildman–Crippen MR) is 139 cm³/mol. The molecule has 4 aromatic rings. The summed E-state index contributed by atoms with van der Waals surface area (Å²) >= 11 is 0. The minimum Gasteiger partial charge on any atom is -0.358 e. The number of rotatable bonds is 0. The molecule has 1 saturated heterocycles. The van der Waals surface area contributed by atoms with Crippen LogP contribution in [0.15, 0.2) is 72.8 Å². The van der Waals surface area contributed by atoms with Crippen molar-refractivity contribution in [2.75, 3.05) is 0 Å². The molecule has 4 radical (unpaired) electrons. The minimum absolute atomic E-state index is 0. The average Bonchev–Trinajstić information content (AvgIpc) is 3.35. The topological polar surface area (TPSA) is 0 Å². The van der Waals surface area contributed by atoms with E-state index in [-0.39, 0.29) is 82.1 Å². The van der Waals surface area contributed by atoms with Crippen molar-refractivity contribution in [3.63, 3.8) is 0 Å². The van der Waals surface area contributed by atoms with Crippen LogP contribution in [0.1, 0.15) is 24.0 Å². The number of fused-ring (bicyclic) bond motifs is 2. The van der Waals surface area contributed by atoms with Crippen LogP contribution in [0, 0.1) is 43.6 Å². The first-order chi connectivity index (χ1) is 12.2. The summed E-state index contributed by atoms with van der Waals surface area (Å²) in [5.74, 6) is 0. The molecule has 162 valence electrons. The Balaban J connectivity index is -0.000000167. The molecule has 1 aliphatic heterocycles. The van der Waals surface area contributed by atoms with E-state index in [2.05, 4.69) is 86.6 Å². The zero-order chi connectivity index (χ0) is 17.5. The van der Waals surface area contributed by atoms with Gasteiger partial charge in [0, 0.05) is 9.52 Å². The molecule has 0 unspecified atom stereocenters. The maximum atomic E-state index is 2.20. The van der Waals surface area contributed by atoms with Crippen molar-refractivity contribution in [2.24, 2.45) is 0 Å². The molecule has 31 heavy (non-hydrogen) atoms. The fourth-order valence-electron chi connectivity index (χ4n) is 3.24. The van der Waals surface area contributed by atoms with Gasteiger partial charge in [0.05, 0.1) is 0 Å². The Kier molecular flexibility index (Phi) is 24.8. The molecule has 0 spiro atoms. The van der Waals surface area contributed by atoms with E-state index >= 15 is 0 Å². The second-order valence-electron chi connectivity index (χ2n) is 6.78. The second-order valence-corrected chi connectivity index (χ2v) is 8.28. The molecular formula is C28H38SiZr2. The Bertz CT molecular complexity index is 771. The molecular weight excluding hydrogens is 547 g/mol. The van der Waals surface area contributed by atoms with E-state index in [4.69, 9.17) is 0 Å². The number of hydrogen-bond donors (Lipinski definition) is 0. The molecule has 0 bridgehead atoms. The minimum atomic E-state index is 0. The van der Waals surface area contributed by atoms with Gasteiger partial charge in [0.2, 0.25) is 0 Å². The maximum Gasteiger partial charge on any atom is 3.00 e. The van der Waals surface area contributed by atoms with Gasteiger partial charge in [-0.3, -0.25) is 0 Å². The summed E-state index contributed by atoms with van der Waals surface area (Å²) in [6.07, 6.45) is 3.02. The number of benzene rings is 2. The van der Waals surface area contributed by atoms with E-state index in [1.54, 1.807) is 0 Å². The quantitative estimate of drug-likeness (QED) is 0.143. The van der Waals surface area contributed by atoms with E-state index in [1.807, 2.05) is 0 Å². The summed E-state index contributed by atoms with van der Waals surface area (Å²) in [5.41, 5.74) is 2.70. The van der Waals surface area contributed by atoms with Gasteiger partial charge in [0.25, 0.3) is 0 Å². The van der Waals surface area contributed by atoms with Gasteiger partial charge in [-0.05, 0) is 0 Å². The van der Waals surface area contributed by atoms with Gasteiger partial charge in [-0.25, -0.2) is 0 Å². The van der Waals surface area contributed by atoms with Crippen LogP contribution < -0.4 is 0 Å². The molecule has 0 atom stereocenters. The summed E-state index contributed by atoms with van der Waals surface area (Å²) in [5, 5.41) is 5.39. The molecule has 0 aliphatic carbocycles. The Hall–Kier alpha value is -0.357. The van der Waals surface area contributed by atoms with Crippen LogP contribution in [0.5, 0.6) is 0 Å². The van der Waals surface area contributed by atoms with Crippen molar-refractivity contribution in [3.05, 3.63) is 114 Å². The third kappa shape index (κ3) is 12.5. The molecule has 3 heteroatoms. The molecule has 4 aromatic carbocycles. The van der Waals surface area contributed by atoms with E-state index < -0.39 is 0 Å². The first kappa shape index (κ1) is 37.9. The first-order valence-corrected chi connectivity index (χ1v) is 10.6. The molecule has 0 amide bonds. The molecule has 0 nitrogen and oxygen atoms in total. The fraction of sp³-hybridized carbons (Fsp3) is 0.214. The van der Waals surface area contributed by atoms with Crippen LogP contribution in [-0.2, 0) is 52.4 Å². The van der Waals surface area contributed by atoms with Gasteiger partial charge in [0.15, 0.2) is 0 Å². The molecule has 0 N–H and O–H groups in total. The van der Waals surface area contributed by atoms with Crippen LogP contribution in [0.4, 0.5) is 0 Å². The zero-order valence-electron chi connectivity index (χ0n) is 20.3. The van der Waals surface area contributed by atoms with E-state index in [1.165, 1.54) is 67.1 Å². The maximum absolute atomic E-state index is 2.20. The Morgan fingerprint density at radius 1 is 0.613 bits per heavy atom. The summed E-state index contributed by atoms with van der Waals surface area (Å²) in [7, 11) is 1.31. The van der Waals surface area contributed by atoms with E-state index in [0.29, 0.717) is 0 Å². The van der Waals surface area contributed by atoms with Crippen molar-refractivity contribution in [2.45, 2.75) is 38.8 Å². The second kappa shape index (κ2) is 20.3. The third-order valence-corrected chi connectivity index (χ3v) is 5.90. The molecule has 5 rings (SSSR count). The van der Waals surface area contributed by atoms with Gasteiger partial charge < -0.3 is 29.7 Å². The summed E-state index contributed by atoms with van der Waals surface area (Å²) in [4.78, 5) is 0. The summed E-state index contributed by atoms with van der Waals surface area (Å²) in [6.45, 7) is 4.25. The van der Waals surface area contributed by atoms with Crippen molar-refractivity contribution < 1.29 is 52.4 Å². The van der Waals surface area contributed by atoms with Crippen molar-refractivity contribution in [1.82, 2.24) is 0 Å². The van der Waals surface area contributed by atoms with Crippen LogP contribution >= 0.6 is 0 Å². The van der Waals surface area contributed by atoms with Crippen LogP contribution in [0.3, 0.4) is 0 Å². The van der Waals surface area contributed by atoms with Crippen molar-refractivity contribution in [1.29, 1.82) is 0 Å². The van der Waals surface area contributed by atoms with Crippen LogP contribution in [0.25, 0.3) is 21.5 Å². The first-order valence-electron chi connectivity index (χ1n) is 9.17.